The van der Waals surface area contributed by atoms with Gasteiger partial charge in [0, 0.05) is 4.88 Å². The lowest BCUT2D eigenvalue weighted by atomic mass is 9.72. The Bertz CT molecular complexity index is 789. The fraction of sp³-hybridized carbons (Fsp3) is 0.444. The Hall–Kier alpha value is -1.38. The van der Waals surface area contributed by atoms with Crippen LogP contribution in [0.1, 0.15) is 49.0 Å². The summed E-state index contributed by atoms with van der Waals surface area (Å²) in [6.07, 6.45) is 4.87. The van der Waals surface area contributed by atoms with Crippen LogP contribution < -0.4 is 0 Å². The van der Waals surface area contributed by atoms with E-state index in [2.05, 4.69) is 47.8 Å². The van der Waals surface area contributed by atoms with E-state index in [4.69, 9.17) is 4.42 Å². The molecular weight excluding hydrogens is 372 g/mol. The van der Waals surface area contributed by atoms with Crippen LogP contribution in [-0.4, -0.2) is 6.21 Å². The van der Waals surface area contributed by atoms with E-state index in [-0.39, 0.29) is 0 Å². The van der Waals surface area contributed by atoms with E-state index in [1.165, 1.54) is 10.4 Å². The SMILES string of the molecule is CC(C)(C)[C@@H]1CCc2c(sc(N=Cc3ccc(Br)o3)c2C#N)C1. The highest BCUT2D eigenvalue weighted by Gasteiger charge is 2.32. The van der Waals surface area contributed by atoms with Crippen molar-refractivity contribution in [1.82, 2.24) is 0 Å². The molecule has 0 bridgehead atoms. The topological polar surface area (TPSA) is 49.3 Å². The molecule has 0 unspecified atom stereocenters. The highest BCUT2D eigenvalue weighted by atomic mass is 79.9. The van der Waals surface area contributed by atoms with Gasteiger partial charge in [-0.3, -0.25) is 0 Å². The van der Waals surface area contributed by atoms with Crippen molar-refractivity contribution < 1.29 is 4.42 Å². The molecule has 0 N–H and O–H groups in total. The van der Waals surface area contributed by atoms with Crippen molar-refractivity contribution in [2.45, 2.75) is 40.0 Å². The summed E-state index contributed by atoms with van der Waals surface area (Å²) >= 11 is 4.94. The van der Waals surface area contributed by atoms with Crippen LogP contribution in [0.25, 0.3) is 0 Å². The van der Waals surface area contributed by atoms with Crippen molar-refractivity contribution in [1.29, 1.82) is 5.26 Å². The van der Waals surface area contributed by atoms with Gasteiger partial charge in [-0.05, 0) is 64.2 Å². The molecule has 5 heteroatoms. The Morgan fingerprint density at radius 1 is 1.43 bits per heavy atom. The fourth-order valence-corrected chi connectivity index (χ4v) is 4.58. The van der Waals surface area contributed by atoms with Crippen LogP contribution in [0, 0.1) is 22.7 Å². The number of fused-ring (bicyclic) bond motifs is 1. The number of hydrogen-bond acceptors (Lipinski definition) is 4. The van der Waals surface area contributed by atoms with Crippen molar-refractivity contribution in [3.05, 3.63) is 38.6 Å². The second-order valence-electron chi connectivity index (χ2n) is 7.00. The Morgan fingerprint density at radius 2 is 2.22 bits per heavy atom. The molecule has 23 heavy (non-hydrogen) atoms. The fourth-order valence-electron chi connectivity index (χ4n) is 3.04. The summed E-state index contributed by atoms with van der Waals surface area (Å²) in [6.45, 7) is 6.90. The molecule has 0 radical (unpaired) electrons. The summed E-state index contributed by atoms with van der Waals surface area (Å²) in [5.41, 5.74) is 2.27. The lowest BCUT2D eigenvalue weighted by Crippen LogP contribution is -2.26. The van der Waals surface area contributed by atoms with Crippen LogP contribution >= 0.6 is 27.3 Å². The van der Waals surface area contributed by atoms with Gasteiger partial charge < -0.3 is 4.42 Å². The summed E-state index contributed by atoms with van der Waals surface area (Å²) in [7, 11) is 0. The first-order valence-corrected chi connectivity index (χ1v) is 9.33. The molecule has 0 fully saturated rings. The molecule has 0 aromatic carbocycles. The third-order valence-electron chi connectivity index (χ3n) is 4.49. The highest BCUT2D eigenvalue weighted by Crippen LogP contribution is 2.44. The van der Waals surface area contributed by atoms with Crippen LogP contribution in [0.5, 0.6) is 0 Å². The monoisotopic (exact) mass is 390 g/mol. The van der Waals surface area contributed by atoms with Crippen molar-refractivity contribution in [3.63, 3.8) is 0 Å². The summed E-state index contributed by atoms with van der Waals surface area (Å²) < 4.78 is 6.11. The zero-order valence-corrected chi connectivity index (χ0v) is 15.9. The first kappa shape index (κ1) is 16.5. The standard InChI is InChI=1S/C18H19BrN2OS/c1-18(2,3)11-4-6-13-14(9-20)17(23-15(13)8-11)21-10-12-5-7-16(19)22-12/h5,7,10-11H,4,6,8H2,1-3H3/t11-/m1/s1. The van der Waals surface area contributed by atoms with Crippen molar-refractivity contribution in [2.24, 2.45) is 16.3 Å². The Labute approximate surface area is 149 Å². The van der Waals surface area contributed by atoms with E-state index in [0.717, 1.165) is 29.8 Å². The van der Waals surface area contributed by atoms with Crippen molar-refractivity contribution >= 4 is 38.5 Å². The summed E-state index contributed by atoms with van der Waals surface area (Å²) in [6, 6.07) is 6.04. The highest BCUT2D eigenvalue weighted by molar-refractivity contribution is 9.10. The average Bonchev–Trinajstić information content (AvgIpc) is 3.06. The minimum Gasteiger partial charge on any atom is -0.448 e. The molecule has 1 aliphatic rings. The second-order valence-corrected chi connectivity index (χ2v) is 8.87. The molecule has 120 valence electrons. The van der Waals surface area contributed by atoms with E-state index < -0.39 is 0 Å². The largest absolute Gasteiger partial charge is 0.448 e. The summed E-state index contributed by atoms with van der Waals surface area (Å²) in [4.78, 5) is 5.84. The van der Waals surface area contributed by atoms with Crippen molar-refractivity contribution in [3.8, 4) is 6.07 Å². The maximum absolute atomic E-state index is 9.54. The van der Waals surface area contributed by atoms with Crippen LogP contribution in [0.3, 0.4) is 0 Å². The summed E-state index contributed by atoms with van der Waals surface area (Å²) in [5, 5.41) is 10.3. The minimum absolute atomic E-state index is 0.304. The predicted octanol–water partition coefficient (Wildman–Crippen LogP) is 5.88. The van der Waals surface area contributed by atoms with Gasteiger partial charge in [-0.2, -0.15) is 5.26 Å². The molecule has 0 spiro atoms. The number of nitriles is 1. The second kappa shape index (κ2) is 6.26. The Balaban J connectivity index is 1.90. The normalized spacial score (nSPS) is 18.1. The van der Waals surface area contributed by atoms with E-state index in [0.29, 0.717) is 21.8 Å². The van der Waals surface area contributed by atoms with Crippen LogP contribution in [-0.2, 0) is 12.8 Å². The average molecular weight is 391 g/mol. The molecule has 0 aliphatic heterocycles. The number of aliphatic imine (C=N–C) groups is 1. The molecule has 2 aromatic rings. The van der Waals surface area contributed by atoms with Gasteiger partial charge in [-0.15, -0.1) is 11.3 Å². The van der Waals surface area contributed by atoms with Crippen LogP contribution in [0.15, 0.2) is 26.2 Å². The van der Waals surface area contributed by atoms with Gasteiger partial charge in [0.15, 0.2) is 4.67 Å². The number of thiophene rings is 1. The molecule has 1 atom stereocenters. The third kappa shape index (κ3) is 3.44. The van der Waals surface area contributed by atoms with E-state index in [1.54, 1.807) is 17.6 Å². The van der Waals surface area contributed by atoms with Gasteiger partial charge in [0.25, 0.3) is 0 Å². The van der Waals surface area contributed by atoms with Gasteiger partial charge in [0.05, 0.1) is 11.8 Å². The van der Waals surface area contributed by atoms with E-state index >= 15 is 0 Å². The first-order chi connectivity index (χ1) is 10.9. The third-order valence-corrected chi connectivity index (χ3v) is 6.07. The zero-order valence-electron chi connectivity index (χ0n) is 13.5. The predicted molar refractivity (Wildman–Crippen MR) is 97.7 cm³/mol. The molecule has 2 aromatic heterocycles. The maximum Gasteiger partial charge on any atom is 0.169 e. The molecule has 3 rings (SSSR count). The van der Waals surface area contributed by atoms with Gasteiger partial charge in [-0.25, -0.2) is 4.99 Å². The van der Waals surface area contributed by atoms with E-state index in [9.17, 15) is 5.26 Å². The van der Waals surface area contributed by atoms with Gasteiger partial charge in [0.2, 0.25) is 0 Å². The number of rotatable bonds is 2. The molecular formula is C18H19BrN2OS. The molecule has 0 saturated heterocycles. The smallest absolute Gasteiger partial charge is 0.169 e. The number of halogens is 1. The molecule has 0 amide bonds. The van der Waals surface area contributed by atoms with Gasteiger partial charge in [-0.1, -0.05) is 20.8 Å². The molecule has 1 aliphatic carbocycles. The number of furan rings is 1. The molecule has 0 saturated carbocycles. The number of hydrogen-bond donors (Lipinski definition) is 0. The lowest BCUT2D eigenvalue weighted by Gasteiger charge is -2.33. The number of nitrogens with zero attached hydrogens (tertiary/aromatic N) is 2. The zero-order chi connectivity index (χ0) is 16.6. The Morgan fingerprint density at radius 3 is 2.83 bits per heavy atom. The quantitative estimate of drug-likeness (QED) is 0.601. The molecule has 2 heterocycles. The van der Waals surface area contributed by atoms with Crippen molar-refractivity contribution in [2.75, 3.05) is 0 Å². The minimum atomic E-state index is 0.304. The van der Waals surface area contributed by atoms with Gasteiger partial charge in [0.1, 0.15) is 16.8 Å². The molecule has 3 nitrogen and oxygen atoms in total. The van der Waals surface area contributed by atoms with Crippen LogP contribution in [0.2, 0.25) is 0 Å². The summed E-state index contributed by atoms with van der Waals surface area (Å²) in [5.74, 6) is 1.35. The van der Waals surface area contributed by atoms with E-state index in [1.807, 2.05) is 12.1 Å². The maximum atomic E-state index is 9.54. The first-order valence-electron chi connectivity index (χ1n) is 7.72. The lowest BCUT2D eigenvalue weighted by molar-refractivity contribution is 0.218. The Kier molecular flexibility index (Phi) is 4.48. The van der Waals surface area contributed by atoms with Gasteiger partial charge >= 0.3 is 0 Å². The van der Waals surface area contributed by atoms with Crippen LogP contribution in [0.4, 0.5) is 5.00 Å².